The summed E-state index contributed by atoms with van der Waals surface area (Å²) < 4.78 is 19.0. The molecule has 1 N–H and O–H groups in total. The van der Waals surface area contributed by atoms with Crippen LogP contribution in [0.2, 0.25) is 0 Å². The van der Waals surface area contributed by atoms with Crippen LogP contribution >= 0.6 is 0 Å². The highest BCUT2D eigenvalue weighted by Gasteiger charge is 2.15. The van der Waals surface area contributed by atoms with Gasteiger partial charge in [-0.2, -0.15) is 0 Å². The number of hydrogen-bond acceptors (Lipinski definition) is 2. The predicted octanol–water partition coefficient (Wildman–Crippen LogP) is 3.63. The van der Waals surface area contributed by atoms with Crippen molar-refractivity contribution < 1.29 is 8.81 Å². The molecule has 2 rings (SSSR count). The van der Waals surface area contributed by atoms with Gasteiger partial charge in [-0.25, -0.2) is 4.39 Å². The van der Waals surface area contributed by atoms with Crippen LogP contribution in [-0.2, 0) is 0 Å². The zero-order chi connectivity index (χ0) is 11.5. The fraction of sp³-hybridized carbons (Fsp3) is 0.385. The van der Waals surface area contributed by atoms with E-state index in [1.165, 1.54) is 6.07 Å². The van der Waals surface area contributed by atoms with E-state index in [0.29, 0.717) is 5.58 Å². The average molecular weight is 221 g/mol. The molecular weight excluding hydrogens is 205 g/mol. The summed E-state index contributed by atoms with van der Waals surface area (Å²) in [6, 6.07) is 7.06. The minimum Gasteiger partial charge on any atom is -0.456 e. The van der Waals surface area contributed by atoms with Crippen LogP contribution in [-0.4, -0.2) is 7.05 Å². The molecule has 1 atom stereocenters. The molecule has 0 bridgehead atoms. The summed E-state index contributed by atoms with van der Waals surface area (Å²) in [5, 5.41) is 4.01. The van der Waals surface area contributed by atoms with Crippen LogP contribution in [0.15, 0.2) is 28.7 Å². The summed E-state index contributed by atoms with van der Waals surface area (Å²) in [6.07, 6.45) is 2.04. The molecule has 2 aromatic rings. The molecule has 1 aromatic heterocycles. The highest BCUT2D eigenvalue weighted by Crippen LogP contribution is 2.27. The molecule has 1 heterocycles. The molecule has 86 valence electrons. The molecule has 0 spiro atoms. The SMILES string of the molecule is CCCC(NC)c1cc2cccc(F)c2o1. The van der Waals surface area contributed by atoms with Gasteiger partial charge in [0.25, 0.3) is 0 Å². The smallest absolute Gasteiger partial charge is 0.169 e. The van der Waals surface area contributed by atoms with Crippen LogP contribution in [0.4, 0.5) is 4.39 Å². The first-order chi connectivity index (χ1) is 7.76. The highest BCUT2D eigenvalue weighted by atomic mass is 19.1. The number of hydrogen-bond donors (Lipinski definition) is 1. The van der Waals surface area contributed by atoms with Gasteiger partial charge in [-0.3, -0.25) is 0 Å². The van der Waals surface area contributed by atoms with Gasteiger partial charge in [-0.15, -0.1) is 0 Å². The Hall–Kier alpha value is -1.35. The van der Waals surface area contributed by atoms with E-state index >= 15 is 0 Å². The summed E-state index contributed by atoms with van der Waals surface area (Å²) in [5.74, 6) is 0.513. The molecule has 0 radical (unpaired) electrons. The first-order valence-electron chi connectivity index (χ1n) is 5.61. The Morgan fingerprint density at radius 2 is 2.25 bits per heavy atom. The number of para-hydroxylation sites is 1. The predicted molar refractivity (Wildman–Crippen MR) is 62.9 cm³/mol. The zero-order valence-corrected chi connectivity index (χ0v) is 9.59. The summed E-state index contributed by atoms with van der Waals surface area (Å²) in [7, 11) is 1.89. The van der Waals surface area contributed by atoms with Crippen LogP contribution < -0.4 is 5.32 Å². The van der Waals surface area contributed by atoms with Crippen LogP contribution in [0, 0.1) is 5.82 Å². The van der Waals surface area contributed by atoms with E-state index in [9.17, 15) is 4.39 Å². The van der Waals surface area contributed by atoms with Crippen molar-refractivity contribution in [1.29, 1.82) is 0 Å². The zero-order valence-electron chi connectivity index (χ0n) is 9.59. The van der Waals surface area contributed by atoms with Crippen molar-refractivity contribution in [3.8, 4) is 0 Å². The maximum atomic E-state index is 13.4. The Bertz CT molecular complexity index is 478. The van der Waals surface area contributed by atoms with E-state index in [0.717, 1.165) is 24.0 Å². The van der Waals surface area contributed by atoms with Crippen LogP contribution in [0.1, 0.15) is 31.6 Å². The molecular formula is C13H16FNO. The Morgan fingerprint density at radius 3 is 2.88 bits per heavy atom. The summed E-state index contributed by atoms with van der Waals surface area (Å²) in [5.41, 5.74) is 0.355. The van der Waals surface area contributed by atoms with E-state index in [-0.39, 0.29) is 11.9 Å². The first kappa shape index (κ1) is 11.1. The molecule has 3 heteroatoms. The van der Waals surface area contributed by atoms with Crippen molar-refractivity contribution in [3.63, 3.8) is 0 Å². The largest absolute Gasteiger partial charge is 0.456 e. The molecule has 0 amide bonds. The van der Waals surface area contributed by atoms with Crippen LogP contribution in [0.3, 0.4) is 0 Å². The van der Waals surface area contributed by atoms with E-state index < -0.39 is 0 Å². The summed E-state index contributed by atoms with van der Waals surface area (Å²) in [4.78, 5) is 0. The van der Waals surface area contributed by atoms with E-state index in [4.69, 9.17) is 4.42 Å². The van der Waals surface area contributed by atoms with Gasteiger partial charge in [0.15, 0.2) is 11.4 Å². The molecule has 0 aliphatic heterocycles. The molecule has 0 aliphatic rings. The van der Waals surface area contributed by atoms with Crippen LogP contribution in [0.25, 0.3) is 11.0 Å². The second-order valence-corrected chi connectivity index (χ2v) is 3.94. The fourth-order valence-electron chi connectivity index (χ4n) is 1.94. The molecule has 0 saturated heterocycles. The van der Waals surface area contributed by atoms with Gasteiger partial charge in [-0.1, -0.05) is 25.5 Å². The fourth-order valence-corrected chi connectivity index (χ4v) is 1.94. The minimum absolute atomic E-state index is 0.164. The van der Waals surface area contributed by atoms with Gasteiger partial charge in [0.1, 0.15) is 5.76 Å². The number of nitrogens with one attached hydrogen (secondary N) is 1. The normalized spacial score (nSPS) is 13.2. The van der Waals surface area contributed by atoms with Crippen molar-refractivity contribution in [2.75, 3.05) is 7.05 Å². The van der Waals surface area contributed by atoms with E-state index in [1.807, 2.05) is 19.2 Å². The summed E-state index contributed by atoms with van der Waals surface area (Å²) >= 11 is 0. The van der Waals surface area contributed by atoms with Crippen LogP contribution in [0.5, 0.6) is 0 Å². The van der Waals surface area contributed by atoms with Crippen molar-refractivity contribution in [3.05, 3.63) is 35.8 Å². The maximum Gasteiger partial charge on any atom is 0.169 e. The van der Waals surface area contributed by atoms with Gasteiger partial charge in [-0.05, 0) is 25.6 Å². The Kier molecular flexibility index (Phi) is 3.25. The molecule has 1 unspecified atom stereocenters. The lowest BCUT2D eigenvalue weighted by Crippen LogP contribution is -2.15. The molecule has 1 aromatic carbocycles. The first-order valence-corrected chi connectivity index (χ1v) is 5.61. The molecule has 0 aliphatic carbocycles. The molecule has 2 nitrogen and oxygen atoms in total. The minimum atomic E-state index is -0.296. The number of benzene rings is 1. The van der Waals surface area contributed by atoms with Gasteiger partial charge in [0.05, 0.1) is 6.04 Å². The lowest BCUT2D eigenvalue weighted by atomic mass is 10.1. The van der Waals surface area contributed by atoms with Crippen molar-refractivity contribution in [1.82, 2.24) is 5.32 Å². The van der Waals surface area contributed by atoms with Crippen molar-refractivity contribution >= 4 is 11.0 Å². The lowest BCUT2D eigenvalue weighted by molar-refractivity contribution is 0.423. The van der Waals surface area contributed by atoms with Gasteiger partial charge >= 0.3 is 0 Å². The second-order valence-electron chi connectivity index (χ2n) is 3.94. The Balaban J connectivity index is 2.42. The van der Waals surface area contributed by atoms with E-state index in [2.05, 4.69) is 12.2 Å². The molecule has 0 fully saturated rings. The van der Waals surface area contributed by atoms with Gasteiger partial charge < -0.3 is 9.73 Å². The van der Waals surface area contributed by atoms with Crippen molar-refractivity contribution in [2.24, 2.45) is 0 Å². The summed E-state index contributed by atoms with van der Waals surface area (Å²) in [6.45, 7) is 2.12. The second kappa shape index (κ2) is 4.66. The number of halogens is 1. The lowest BCUT2D eigenvalue weighted by Gasteiger charge is -2.11. The third-order valence-electron chi connectivity index (χ3n) is 2.78. The molecule has 0 saturated carbocycles. The van der Waals surface area contributed by atoms with Gasteiger partial charge in [0, 0.05) is 5.39 Å². The van der Waals surface area contributed by atoms with Gasteiger partial charge in [0.2, 0.25) is 0 Å². The Labute approximate surface area is 94.4 Å². The topological polar surface area (TPSA) is 25.2 Å². The third kappa shape index (κ3) is 1.95. The maximum absolute atomic E-state index is 13.4. The van der Waals surface area contributed by atoms with Crippen molar-refractivity contribution in [2.45, 2.75) is 25.8 Å². The average Bonchev–Trinajstić information content (AvgIpc) is 2.71. The quantitative estimate of drug-likeness (QED) is 0.852. The number of fused-ring (bicyclic) bond motifs is 1. The third-order valence-corrected chi connectivity index (χ3v) is 2.78. The number of rotatable bonds is 4. The monoisotopic (exact) mass is 221 g/mol. The van der Waals surface area contributed by atoms with E-state index in [1.54, 1.807) is 6.07 Å². The standard InChI is InChI=1S/C13H16FNO/c1-3-5-11(15-2)12-8-9-6-4-7-10(14)13(9)16-12/h4,6-8,11,15H,3,5H2,1-2H3. The Morgan fingerprint density at radius 1 is 1.44 bits per heavy atom. The molecule has 16 heavy (non-hydrogen) atoms. The number of furan rings is 1. The highest BCUT2D eigenvalue weighted by molar-refractivity contribution is 5.78.